The molecule has 6 nitrogen and oxygen atoms in total. The van der Waals surface area contributed by atoms with E-state index in [1.807, 2.05) is 19.0 Å². The van der Waals surface area contributed by atoms with Crippen LogP contribution in [0.3, 0.4) is 0 Å². The van der Waals surface area contributed by atoms with Crippen LogP contribution in [-0.4, -0.2) is 64.1 Å². The third kappa shape index (κ3) is 2.21. The molecule has 1 saturated heterocycles. The maximum absolute atomic E-state index is 12.0. The van der Waals surface area contributed by atoms with Gasteiger partial charge in [-0.1, -0.05) is 0 Å². The Balaban J connectivity index is 2.02. The lowest BCUT2D eigenvalue weighted by molar-refractivity contribution is 0.0623. The number of H-pyrrole nitrogens is 1. The highest BCUT2D eigenvalue weighted by atomic mass is 16.2. The molecule has 0 bridgehead atoms. The van der Waals surface area contributed by atoms with Crippen LogP contribution in [0.5, 0.6) is 0 Å². The van der Waals surface area contributed by atoms with Crippen molar-refractivity contribution in [2.24, 2.45) is 0 Å². The van der Waals surface area contributed by atoms with E-state index in [-0.39, 0.29) is 5.91 Å². The summed E-state index contributed by atoms with van der Waals surface area (Å²) in [6, 6.07) is 0.445. The quantitative estimate of drug-likeness (QED) is 0.764. The molecule has 1 amide bonds. The molecule has 6 heteroatoms. The molecule has 88 valence electrons. The standard InChI is InChI=1S/C10H17N5O/c1-14(2)8-4-3-5-15(6-8)10(16)9-11-7-12-13-9/h7-8H,3-6H2,1-2H3,(H,11,12,13). The highest BCUT2D eigenvalue weighted by Gasteiger charge is 2.26. The minimum atomic E-state index is -0.0518. The molecule has 0 saturated carbocycles. The number of likely N-dealkylation sites (tertiary alicyclic amines) is 1. The van der Waals surface area contributed by atoms with Crippen LogP contribution in [0.4, 0.5) is 0 Å². The SMILES string of the molecule is CN(C)C1CCCN(C(=O)c2ncn[nH]2)C1. The van der Waals surface area contributed by atoms with Crippen molar-refractivity contribution in [2.45, 2.75) is 18.9 Å². The third-order valence-corrected chi connectivity index (χ3v) is 3.03. The Labute approximate surface area is 94.6 Å². The third-order valence-electron chi connectivity index (χ3n) is 3.03. The number of aromatic amines is 1. The second kappa shape index (κ2) is 4.61. The molecule has 1 N–H and O–H groups in total. The zero-order valence-corrected chi connectivity index (χ0v) is 9.68. The van der Waals surface area contributed by atoms with Gasteiger partial charge in [0.1, 0.15) is 6.33 Å². The summed E-state index contributed by atoms with van der Waals surface area (Å²) in [6.07, 6.45) is 3.55. The number of carbonyl (C=O) groups excluding carboxylic acids is 1. The fraction of sp³-hybridized carbons (Fsp3) is 0.700. The molecule has 0 aliphatic carbocycles. The smallest absolute Gasteiger partial charge is 0.291 e. The van der Waals surface area contributed by atoms with Crippen LogP contribution < -0.4 is 0 Å². The van der Waals surface area contributed by atoms with E-state index < -0.39 is 0 Å². The van der Waals surface area contributed by atoms with Gasteiger partial charge in [0.2, 0.25) is 5.82 Å². The first kappa shape index (κ1) is 11.1. The van der Waals surface area contributed by atoms with Crippen molar-refractivity contribution < 1.29 is 4.79 Å². The summed E-state index contributed by atoms with van der Waals surface area (Å²) < 4.78 is 0. The fourth-order valence-electron chi connectivity index (χ4n) is 2.02. The Morgan fingerprint density at radius 1 is 1.62 bits per heavy atom. The van der Waals surface area contributed by atoms with Crippen molar-refractivity contribution >= 4 is 5.91 Å². The molecule has 16 heavy (non-hydrogen) atoms. The van der Waals surface area contributed by atoms with Crippen LogP contribution in [0.2, 0.25) is 0 Å². The van der Waals surface area contributed by atoms with Crippen LogP contribution in [0, 0.1) is 0 Å². The molecule has 0 radical (unpaired) electrons. The van der Waals surface area contributed by atoms with Gasteiger partial charge >= 0.3 is 0 Å². The predicted molar refractivity (Wildman–Crippen MR) is 59.0 cm³/mol. The number of nitrogens with one attached hydrogen (secondary N) is 1. The second-order valence-electron chi connectivity index (χ2n) is 4.34. The van der Waals surface area contributed by atoms with Crippen molar-refractivity contribution in [1.29, 1.82) is 0 Å². The van der Waals surface area contributed by atoms with Gasteiger partial charge in [-0.25, -0.2) is 4.98 Å². The van der Waals surface area contributed by atoms with Crippen LogP contribution >= 0.6 is 0 Å². The van der Waals surface area contributed by atoms with Crippen molar-refractivity contribution in [3.63, 3.8) is 0 Å². The molecule has 1 aliphatic heterocycles. The van der Waals surface area contributed by atoms with Crippen LogP contribution in [-0.2, 0) is 0 Å². The largest absolute Gasteiger partial charge is 0.334 e. The summed E-state index contributed by atoms with van der Waals surface area (Å²) in [6.45, 7) is 1.58. The molecule has 1 aliphatic rings. The van der Waals surface area contributed by atoms with E-state index in [0.29, 0.717) is 11.9 Å². The number of rotatable bonds is 2. The zero-order chi connectivity index (χ0) is 11.5. The Morgan fingerprint density at radius 3 is 3.06 bits per heavy atom. The van der Waals surface area contributed by atoms with Crippen molar-refractivity contribution in [2.75, 3.05) is 27.2 Å². The molecule has 1 aromatic rings. The molecule has 1 unspecified atom stereocenters. The summed E-state index contributed by atoms with van der Waals surface area (Å²) in [5.74, 6) is 0.281. The van der Waals surface area contributed by atoms with Gasteiger partial charge in [0.05, 0.1) is 0 Å². The van der Waals surface area contributed by atoms with E-state index in [0.717, 1.165) is 25.9 Å². The summed E-state index contributed by atoms with van der Waals surface area (Å²) in [7, 11) is 4.10. The number of hydrogen-bond acceptors (Lipinski definition) is 4. The lowest BCUT2D eigenvalue weighted by Crippen LogP contribution is -2.47. The Hall–Kier alpha value is -1.43. The van der Waals surface area contributed by atoms with Gasteiger partial charge in [-0.15, -0.1) is 0 Å². The average Bonchev–Trinajstić information content (AvgIpc) is 2.81. The van der Waals surface area contributed by atoms with Gasteiger partial charge in [0.15, 0.2) is 0 Å². The van der Waals surface area contributed by atoms with Gasteiger partial charge in [-0.2, -0.15) is 5.10 Å². The van der Waals surface area contributed by atoms with Crippen molar-refractivity contribution in [1.82, 2.24) is 25.0 Å². The van der Waals surface area contributed by atoms with Gasteiger partial charge < -0.3 is 9.80 Å². The summed E-state index contributed by atoms with van der Waals surface area (Å²) >= 11 is 0. The summed E-state index contributed by atoms with van der Waals surface area (Å²) in [4.78, 5) is 19.9. The highest BCUT2D eigenvalue weighted by Crippen LogP contribution is 2.14. The maximum Gasteiger partial charge on any atom is 0.291 e. The number of hydrogen-bond donors (Lipinski definition) is 1. The minimum Gasteiger partial charge on any atom is -0.334 e. The van der Waals surface area contributed by atoms with E-state index in [1.54, 1.807) is 0 Å². The van der Waals surface area contributed by atoms with Crippen LogP contribution in [0.25, 0.3) is 0 Å². The molecular weight excluding hydrogens is 206 g/mol. The van der Waals surface area contributed by atoms with Gasteiger partial charge in [-0.3, -0.25) is 9.89 Å². The first-order chi connectivity index (χ1) is 7.68. The van der Waals surface area contributed by atoms with E-state index in [2.05, 4.69) is 20.1 Å². The van der Waals surface area contributed by atoms with Crippen molar-refractivity contribution in [3.05, 3.63) is 12.2 Å². The topological polar surface area (TPSA) is 65.1 Å². The second-order valence-corrected chi connectivity index (χ2v) is 4.34. The molecule has 0 aromatic carbocycles. The van der Waals surface area contributed by atoms with Crippen LogP contribution in [0.1, 0.15) is 23.5 Å². The van der Waals surface area contributed by atoms with Crippen molar-refractivity contribution in [3.8, 4) is 0 Å². The van der Waals surface area contributed by atoms with Gasteiger partial charge in [0, 0.05) is 19.1 Å². The molecule has 2 rings (SSSR count). The summed E-state index contributed by atoms with van der Waals surface area (Å²) in [5, 5.41) is 6.31. The number of carbonyl (C=O) groups is 1. The zero-order valence-electron chi connectivity index (χ0n) is 9.68. The first-order valence-corrected chi connectivity index (χ1v) is 5.49. The molecule has 0 spiro atoms. The first-order valence-electron chi connectivity index (χ1n) is 5.49. The monoisotopic (exact) mass is 223 g/mol. The number of aromatic nitrogens is 3. The number of nitrogens with zero attached hydrogens (tertiary/aromatic N) is 4. The number of piperidine rings is 1. The van der Waals surface area contributed by atoms with Gasteiger partial charge in [-0.05, 0) is 26.9 Å². The minimum absolute atomic E-state index is 0.0518. The number of likely N-dealkylation sites (N-methyl/N-ethyl adjacent to an activating group) is 1. The van der Waals surface area contributed by atoms with Gasteiger partial charge in [0.25, 0.3) is 5.91 Å². The maximum atomic E-state index is 12.0. The highest BCUT2D eigenvalue weighted by molar-refractivity contribution is 5.90. The average molecular weight is 223 g/mol. The van der Waals surface area contributed by atoms with Crippen LogP contribution in [0.15, 0.2) is 6.33 Å². The lowest BCUT2D eigenvalue weighted by Gasteiger charge is -2.35. The molecule has 2 heterocycles. The molecular formula is C10H17N5O. The fourth-order valence-corrected chi connectivity index (χ4v) is 2.02. The summed E-state index contributed by atoms with van der Waals surface area (Å²) in [5.41, 5.74) is 0. The van der Waals surface area contributed by atoms with E-state index in [4.69, 9.17) is 0 Å². The Morgan fingerprint density at radius 2 is 2.44 bits per heavy atom. The normalized spacial score (nSPS) is 21.4. The predicted octanol–water partition coefficient (Wildman–Crippen LogP) is -0.0291. The Bertz CT molecular complexity index is 348. The Kier molecular flexibility index (Phi) is 3.19. The molecule has 1 fully saturated rings. The van der Waals surface area contributed by atoms with E-state index >= 15 is 0 Å². The molecule has 1 aromatic heterocycles. The van der Waals surface area contributed by atoms with E-state index in [9.17, 15) is 4.79 Å². The lowest BCUT2D eigenvalue weighted by atomic mass is 10.0. The van der Waals surface area contributed by atoms with E-state index in [1.165, 1.54) is 6.33 Å². The molecule has 1 atom stereocenters. The number of amides is 1.